The Morgan fingerprint density at radius 2 is 2.24 bits per heavy atom. The van der Waals surface area contributed by atoms with Gasteiger partial charge < -0.3 is 5.32 Å². The molecule has 1 atom stereocenters. The third kappa shape index (κ3) is 4.64. The Labute approximate surface area is 131 Å². The molecule has 0 aromatic carbocycles. The molecule has 2 rings (SSSR count). The highest BCUT2D eigenvalue weighted by molar-refractivity contribution is 7.90. The third-order valence-electron chi connectivity index (χ3n) is 3.48. The van der Waals surface area contributed by atoms with Crippen LogP contribution in [0.5, 0.6) is 0 Å². The van der Waals surface area contributed by atoms with Crippen molar-refractivity contribution in [1.82, 2.24) is 14.6 Å². The lowest BCUT2D eigenvalue weighted by molar-refractivity contribution is 0.243. The van der Waals surface area contributed by atoms with Crippen LogP contribution >= 0.6 is 11.3 Å². The zero-order chi connectivity index (χ0) is 15.5. The van der Waals surface area contributed by atoms with Gasteiger partial charge in [0.05, 0.1) is 5.69 Å². The van der Waals surface area contributed by atoms with Crippen molar-refractivity contribution >= 4 is 26.7 Å². The molecule has 0 saturated carbocycles. The number of anilines is 1. The van der Waals surface area contributed by atoms with Crippen LogP contribution in [0, 0.1) is 6.92 Å². The summed E-state index contributed by atoms with van der Waals surface area (Å²) in [6.45, 7) is 7.25. The summed E-state index contributed by atoms with van der Waals surface area (Å²) in [5.41, 5.74) is 0.828. The molecule has 0 radical (unpaired) electrons. The summed E-state index contributed by atoms with van der Waals surface area (Å²) in [6, 6.07) is 0.366. The van der Waals surface area contributed by atoms with Gasteiger partial charge in [0.25, 0.3) is 0 Å². The first-order valence-corrected chi connectivity index (χ1v) is 9.65. The number of aromatic nitrogens is 1. The van der Waals surface area contributed by atoms with Gasteiger partial charge in [-0.3, -0.25) is 0 Å². The van der Waals surface area contributed by atoms with Crippen molar-refractivity contribution in [2.45, 2.75) is 52.1 Å². The molecule has 1 unspecified atom stereocenters. The zero-order valence-corrected chi connectivity index (χ0v) is 14.4. The van der Waals surface area contributed by atoms with Crippen LogP contribution in [-0.4, -0.2) is 42.9 Å². The van der Waals surface area contributed by atoms with Crippen LogP contribution in [0.1, 0.15) is 38.8 Å². The fraction of sp³-hybridized carbons (Fsp3) is 0.769. The van der Waals surface area contributed by atoms with Crippen LogP contribution in [0.15, 0.2) is 5.38 Å². The number of hydrogen-bond donors (Lipinski definition) is 2. The molecule has 0 amide bonds. The Kier molecular flexibility index (Phi) is 5.59. The van der Waals surface area contributed by atoms with Crippen molar-refractivity contribution in [2.75, 3.05) is 17.8 Å². The van der Waals surface area contributed by atoms with Crippen LogP contribution in [0.2, 0.25) is 0 Å². The Morgan fingerprint density at radius 3 is 2.86 bits per heavy atom. The molecule has 1 aliphatic heterocycles. The SMILES string of the molecule is Cc1csc(NS(=O)(=O)N2CCCCC2CNC(C)C)n1. The number of hydrogen-bond acceptors (Lipinski definition) is 5. The second kappa shape index (κ2) is 7.04. The largest absolute Gasteiger partial charge is 0.313 e. The highest BCUT2D eigenvalue weighted by Gasteiger charge is 2.32. The summed E-state index contributed by atoms with van der Waals surface area (Å²) in [4.78, 5) is 4.18. The molecule has 2 heterocycles. The van der Waals surface area contributed by atoms with Gasteiger partial charge in [0.15, 0.2) is 5.13 Å². The van der Waals surface area contributed by atoms with Gasteiger partial charge in [-0.2, -0.15) is 12.7 Å². The van der Waals surface area contributed by atoms with Crippen LogP contribution in [0.3, 0.4) is 0 Å². The van der Waals surface area contributed by atoms with E-state index in [-0.39, 0.29) is 6.04 Å². The molecule has 0 bridgehead atoms. The average Bonchev–Trinajstić information content (AvgIpc) is 2.81. The van der Waals surface area contributed by atoms with Gasteiger partial charge in [-0.25, -0.2) is 9.71 Å². The lowest BCUT2D eigenvalue weighted by atomic mass is 10.0. The molecule has 0 aliphatic carbocycles. The highest BCUT2D eigenvalue weighted by Crippen LogP contribution is 2.23. The number of rotatable bonds is 6. The molecular formula is C13H24N4O2S2. The Bertz CT molecular complexity index is 556. The van der Waals surface area contributed by atoms with E-state index in [2.05, 4.69) is 28.9 Å². The molecule has 1 aliphatic rings. The minimum Gasteiger partial charge on any atom is -0.313 e. The summed E-state index contributed by atoms with van der Waals surface area (Å²) in [6.07, 6.45) is 2.89. The van der Waals surface area contributed by atoms with E-state index in [4.69, 9.17) is 0 Å². The van der Waals surface area contributed by atoms with Crippen molar-refractivity contribution < 1.29 is 8.42 Å². The van der Waals surface area contributed by atoms with E-state index in [1.807, 2.05) is 12.3 Å². The Balaban J connectivity index is 2.07. The minimum absolute atomic E-state index is 0.0136. The lowest BCUT2D eigenvalue weighted by Crippen LogP contribution is -2.51. The van der Waals surface area contributed by atoms with E-state index in [0.717, 1.165) is 25.0 Å². The van der Waals surface area contributed by atoms with E-state index in [9.17, 15) is 8.42 Å². The first-order valence-electron chi connectivity index (χ1n) is 7.33. The van der Waals surface area contributed by atoms with Gasteiger partial charge in [-0.1, -0.05) is 20.3 Å². The second-order valence-electron chi connectivity index (χ2n) is 5.72. The van der Waals surface area contributed by atoms with Crippen molar-refractivity contribution in [1.29, 1.82) is 0 Å². The Morgan fingerprint density at radius 1 is 1.48 bits per heavy atom. The molecule has 0 spiro atoms. The fourth-order valence-corrected chi connectivity index (χ4v) is 4.80. The second-order valence-corrected chi connectivity index (χ2v) is 8.21. The predicted octanol–water partition coefficient (Wildman–Crippen LogP) is 1.96. The molecule has 1 aromatic rings. The maximum Gasteiger partial charge on any atom is 0.303 e. The monoisotopic (exact) mass is 332 g/mol. The molecular weight excluding hydrogens is 308 g/mol. The van der Waals surface area contributed by atoms with E-state index in [1.54, 1.807) is 4.31 Å². The van der Waals surface area contributed by atoms with Gasteiger partial charge in [-0.05, 0) is 19.8 Å². The molecule has 1 fully saturated rings. The number of piperidine rings is 1. The molecule has 1 saturated heterocycles. The molecule has 8 heteroatoms. The summed E-state index contributed by atoms with van der Waals surface area (Å²) in [7, 11) is -3.53. The first kappa shape index (κ1) is 16.7. The maximum atomic E-state index is 12.6. The zero-order valence-electron chi connectivity index (χ0n) is 12.8. The van der Waals surface area contributed by atoms with Crippen LogP contribution in [0.25, 0.3) is 0 Å². The van der Waals surface area contributed by atoms with Crippen molar-refractivity contribution in [3.05, 3.63) is 11.1 Å². The van der Waals surface area contributed by atoms with Crippen molar-refractivity contribution in [3.8, 4) is 0 Å². The summed E-state index contributed by atoms with van der Waals surface area (Å²) in [5.74, 6) is 0. The van der Waals surface area contributed by atoms with Gasteiger partial charge >= 0.3 is 10.2 Å². The minimum atomic E-state index is -3.53. The van der Waals surface area contributed by atoms with E-state index < -0.39 is 10.2 Å². The Hall–Kier alpha value is -0.700. The topological polar surface area (TPSA) is 74.3 Å². The van der Waals surface area contributed by atoms with Crippen molar-refractivity contribution in [2.24, 2.45) is 0 Å². The third-order valence-corrected chi connectivity index (χ3v) is 6.03. The molecule has 2 N–H and O–H groups in total. The lowest BCUT2D eigenvalue weighted by Gasteiger charge is -2.35. The van der Waals surface area contributed by atoms with Crippen LogP contribution in [0.4, 0.5) is 5.13 Å². The summed E-state index contributed by atoms with van der Waals surface area (Å²) >= 11 is 1.32. The fourth-order valence-electron chi connectivity index (χ4n) is 2.44. The predicted molar refractivity (Wildman–Crippen MR) is 86.9 cm³/mol. The van der Waals surface area contributed by atoms with E-state index >= 15 is 0 Å². The van der Waals surface area contributed by atoms with E-state index in [1.165, 1.54) is 11.3 Å². The highest BCUT2D eigenvalue weighted by atomic mass is 32.2. The number of thiazole rings is 1. The number of aryl methyl sites for hydroxylation is 1. The number of nitrogens with zero attached hydrogens (tertiary/aromatic N) is 2. The summed E-state index contributed by atoms with van der Waals surface area (Å²) < 4.78 is 29.3. The van der Waals surface area contributed by atoms with Crippen LogP contribution < -0.4 is 10.0 Å². The van der Waals surface area contributed by atoms with E-state index in [0.29, 0.717) is 24.3 Å². The molecule has 6 nitrogen and oxygen atoms in total. The van der Waals surface area contributed by atoms with Gasteiger partial charge in [0.2, 0.25) is 0 Å². The molecule has 21 heavy (non-hydrogen) atoms. The first-order chi connectivity index (χ1) is 9.88. The number of nitrogens with one attached hydrogen (secondary N) is 2. The average molecular weight is 332 g/mol. The maximum absolute atomic E-state index is 12.6. The van der Waals surface area contributed by atoms with Gasteiger partial charge in [0.1, 0.15) is 0 Å². The molecule has 1 aromatic heterocycles. The summed E-state index contributed by atoms with van der Waals surface area (Å²) in [5, 5.41) is 5.62. The standard InChI is InChI=1S/C13H24N4O2S2/c1-10(2)14-8-12-6-4-5-7-17(12)21(18,19)16-13-15-11(3)9-20-13/h9-10,12,14H,4-8H2,1-3H3,(H,15,16). The van der Waals surface area contributed by atoms with Gasteiger partial charge in [-0.15, -0.1) is 11.3 Å². The van der Waals surface area contributed by atoms with Gasteiger partial charge in [0, 0.05) is 30.6 Å². The quantitative estimate of drug-likeness (QED) is 0.835. The van der Waals surface area contributed by atoms with Crippen LogP contribution in [-0.2, 0) is 10.2 Å². The smallest absolute Gasteiger partial charge is 0.303 e. The molecule has 120 valence electrons. The van der Waals surface area contributed by atoms with Crippen molar-refractivity contribution in [3.63, 3.8) is 0 Å². The normalized spacial score (nSPS) is 20.9.